The zero-order chi connectivity index (χ0) is 18.1. The van der Waals surface area contributed by atoms with Gasteiger partial charge < -0.3 is 14.5 Å². The van der Waals surface area contributed by atoms with E-state index >= 15 is 0 Å². The molecule has 0 amide bonds. The number of aliphatic imine (C=N–C) groups is 1. The zero-order valence-corrected chi connectivity index (χ0v) is 14.7. The van der Waals surface area contributed by atoms with E-state index in [2.05, 4.69) is 15.3 Å². The molecule has 0 saturated carbocycles. The molecule has 0 saturated heterocycles. The van der Waals surface area contributed by atoms with Crippen LogP contribution in [-0.2, 0) is 9.53 Å². The minimum absolute atomic E-state index is 0.177. The topological polar surface area (TPSA) is 76.7 Å². The molecule has 0 unspecified atom stereocenters. The Kier molecular flexibility index (Phi) is 4.22. The number of methoxy groups -OCH3 is 1. The Hall–Kier alpha value is -3.06. The Bertz CT molecular complexity index is 980. The first-order chi connectivity index (χ1) is 12.7. The number of nitrogens with zero attached hydrogens (tertiary/aromatic N) is 2. The van der Waals surface area contributed by atoms with Gasteiger partial charge in [0.25, 0.3) is 0 Å². The quantitative estimate of drug-likeness (QED) is 0.568. The number of esters is 1. The molecule has 6 nitrogen and oxygen atoms in total. The molecule has 1 aromatic heterocycles. The van der Waals surface area contributed by atoms with Crippen LogP contribution in [0.2, 0.25) is 0 Å². The first-order valence-corrected chi connectivity index (χ1v) is 8.46. The van der Waals surface area contributed by atoms with E-state index in [0.717, 1.165) is 5.56 Å². The number of rotatable bonds is 3. The normalized spacial score (nSPS) is 19.7. The van der Waals surface area contributed by atoms with Gasteiger partial charge in [0.05, 0.1) is 13.2 Å². The summed E-state index contributed by atoms with van der Waals surface area (Å²) in [4.78, 5) is 21.2. The maximum absolute atomic E-state index is 12.4. The summed E-state index contributed by atoms with van der Waals surface area (Å²) in [6.45, 7) is 0. The zero-order valence-electron chi connectivity index (χ0n) is 13.9. The first kappa shape index (κ1) is 16.4. The van der Waals surface area contributed by atoms with Gasteiger partial charge in [-0.1, -0.05) is 42.5 Å². The second kappa shape index (κ2) is 6.68. The summed E-state index contributed by atoms with van der Waals surface area (Å²) in [5.41, 5.74) is 2.48. The molecule has 130 valence electrons. The average molecular weight is 365 g/mol. The Balaban J connectivity index is 1.89. The van der Waals surface area contributed by atoms with Crippen LogP contribution in [0.1, 0.15) is 23.4 Å². The number of oxazole rings is 1. The highest BCUT2D eigenvalue weighted by molar-refractivity contribution is 7.80. The number of nitrogens with one attached hydrogen (secondary N) is 1. The molecular weight excluding hydrogens is 350 g/mol. The third kappa shape index (κ3) is 2.86. The molecule has 2 heterocycles. The van der Waals surface area contributed by atoms with E-state index in [1.165, 1.54) is 7.11 Å². The predicted octanol–water partition coefficient (Wildman–Crippen LogP) is 3.15. The molecule has 0 fully saturated rings. The molecule has 0 bridgehead atoms. The van der Waals surface area contributed by atoms with Gasteiger partial charge >= 0.3 is 5.97 Å². The summed E-state index contributed by atoms with van der Waals surface area (Å²) >= 11 is 5.24. The number of carbonyl (C=O) groups excluding carboxylic acids is 1. The van der Waals surface area contributed by atoms with E-state index in [0.29, 0.717) is 17.0 Å². The number of carbonyl (C=O) groups is 1. The average Bonchev–Trinajstić information content (AvgIpc) is 3.11. The Morgan fingerprint density at radius 2 is 1.88 bits per heavy atom. The van der Waals surface area contributed by atoms with Crippen LogP contribution in [0.15, 0.2) is 64.0 Å². The van der Waals surface area contributed by atoms with E-state index in [9.17, 15) is 4.79 Å². The standard InChI is InChI=1S/C19H15N3O3S/c1-24-18(23)16-14(17-20-12-9-5-6-10-13(12)25-17)15(21-19(26)22-16)11-7-3-2-4-8-11/h2-10,14-15H,1H3,(H,21,26)/t14-,15-/m1/s1. The van der Waals surface area contributed by atoms with Gasteiger partial charge in [-0.05, 0) is 29.9 Å². The summed E-state index contributed by atoms with van der Waals surface area (Å²) in [6.07, 6.45) is 0. The van der Waals surface area contributed by atoms with E-state index in [1.807, 2.05) is 54.6 Å². The number of hydrogen-bond acceptors (Lipinski definition) is 5. The van der Waals surface area contributed by atoms with Crippen molar-refractivity contribution in [2.75, 3.05) is 7.11 Å². The molecule has 2 aromatic carbocycles. The molecule has 0 radical (unpaired) electrons. The van der Waals surface area contributed by atoms with Crippen molar-refractivity contribution >= 4 is 40.1 Å². The van der Waals surface area contributed by atoms with Gasteiger partial charge in [-0.3, -0.25) is 0 Å². The minimum atomic E-state index is -0.566. The number of para-hydroxylation sites is 2. The minimum Gasteiger partial charge on any atom is -0.465 e. The van der Waals surface area contributed by atoms with Crippen molar-refractivity contribution in [3.63, 3.8) is 0 Å². The molecule has 26 heavy (non-hydrogen) atoms. The SMILES string of the molecule is COC(=O)C1=NC(=S)N[C@H](c2ccccc2)[C@H]1c1nc2ccccc2o1. The highest BCUT2D eigenvalue weighted by Gasteiger charge is 2.40. The van der Waals surface area contributed by atoms with E-state index in [1.54, 1.807) is 0 Å². The Morgan fingerprint density at radius 1 is 1.15 bits per heavy atom. The van der Waals surface area contributed by atoms with Crippen LogP contribution in [0.3, 0.4) is 0 Å². The molecule has 7 heteroatoms. The first-order valence-electron chi connectivity index (χ1n) is 8.05. The highest BCUT2D eigenvalue weighted by atomic mass is 32.1. The lowest BCUT2D eigenvalue weighted by Gasteiger charge is -2.30. The van der Waals surface area contributed by atoms with Crippen molar-refractivity contribution in [2.45, 2.75) is 12.0 Å². The van der Waals surface area contributed by atoms with Gasteiger partial charge in [0.15, 0.2) is 10.7 Å². The lowest BCUT2D eigenvalue weighted by molar-refractivity contribution is -0.133. The number of fused-ring (bicyclic) bond motifs is 1. The monoisotopic (exact) mass is 365 g/mol. The largest absolute Gasteiger partial charge is 0.465 e. The summed E-state index contributed by atoms with van der Waals surface area (Å²) in [7, 11) is 1.32. The van der Waals surface area contributed by atoms with Crippen LogP contribution in [0.4, 0.5) is 0 Å². The molecule has 4 rings (SSSR count). The van der Waals surface area contributed by atoms with Crippen LogP contribution in [0, 0.1) is 0 Å². The summed E-state index contributed by atoms with van der Waals surface area (Å²) < 4.78 is 10.9. The summed E-state index contributed by atoms with van der Waals surface area (Å²) in [5.74, 6) is -0.731. The number of benzene rings is 2. The van der Waals surface area contributed by atoms with Crippen LogP contribution >= 0.6 is 12.2 Å². The smallest absolute Gasteiger partial charge is 0.353 e. The van der Waals surface area contributed by atoms with E-state index in [4.69, 9.17) is 21.4 Å². The molecule has 2 atom stereocenters. The third-order valence-corrected chi connectivity index (χ3v) is 4.47. The van der Waals surface area contributed by atoms with Gasteiger partial charge in [-0.15, -0.1) is 0 Å². The molecule has 1 N–H and O–H groups in total. The molecule has 3 aromatic rings. The second-order valence-corrected chi connectivity index (χ2v) is 6.21. The van der Waals surface area contributed by atoms with Crippen LogP contribution < -0.4 is 5.32 Å². The second-order valence-electron chi connectivity index (χ2n) is 5.82. The molecule has 0 spiro atoms. The van der Waals surface area contributed by atoms with Gasteiger partial charge in [-0.2, -0.15) is 0 Å². The van der Waals surface area contributed by atoms with Crippen molar-refractivity contribution in [3.8, 4) is 0 Å². The number of aromatic nitrogens is 1. The summed E-state index contributed by atoms with van der Waals surface area (Å²) in [5, 5.41) is 3.40. The highest BCUT2D eigenvalue weighted by Crippen LogP contribution is 2.36. The fraction of sp³-hybridized carbons (Fsp3) is 0.158. The van der Waals surface area contributed by atoms with Gasteiger partial charge in [0.1, 0.15) is 17.1 Å². The van der Waals surface area contributed by atoms with Crippen LogP contribution in [-0.4, -0.2) is 28.9 Å². The maximum Gasteiger partial charge on any atom is 0.353 e. The van der Waals surface area contributed by atoms with Crippen molar-refractivity contribution in [3.05, 3.63) is 66.1 Å². The number of thiocarbonyl (C=S) groups is 1. The Labute approximate surface area is 154 Å². The fourth-order valence-corrected chi connectivity index (χ4v) is 3.31. The summed E-state index contributed by atoms with van der Waals surface area (Å²) in [6, 6.07) is 16.8. The van der Waals surface area contributed by atoms with Crippen molar-refractivity contribution in [1.82, 2.24) is 10.3 Å². The molecule has 0 aliphatic carbocycles. The van der Waals surface area contributed by atoms with Crippen LogP contribution in [0.5, 0.6) is 0 Å². The molecule has 1 aliphatic rings. The third-order valence-electron chi connectivity index (χ3n) is 4.26. The maximum atomic E-state index is 12.4. The van der Waals surface area contributed by atoms with Gasteiger partial charge in [0, 0.05) is 0 Å². The lowest BCUT2D eigenvalue weighted by Crippen LogP contribution is -2.42. The number of ether oxygens (including phenoxy) is 1. The van der Waals surface area contributed by atoms with Crippen molar-refractivity contribution in [2.24, 2.45) is 4.99 Å². The van der Waals surface area contributed by atoms with Gasteiger partial charge in [0.2, 0.25) is 5.89 Å². The Morgan fingerprint density at radius 3 is 2.62 bits per heavy atom. The lowest BCUT2D eigenvalue weighted by atomic mass is 9.87. The number of hydrogen-bond donors (Lipinski definition) is 1. The fourth-order valence-electron chi connectivity index (χ4n) is 3.08. The van der Waals surface area contributed by atoms with E-state index < -0.39 is 11.9 Å². The molecule has 1 aliphatic heterocycles. The van der Waals surface area contributed by atoms with Crippen molar-refractivity contribution in [1.29, 1.82) is 0 Å². The molecular formula is C19H15N3O3S. The van der Waals surface area contributed by atoms with Gasteiger partial charge in [-0.25, -0.2) is 14.8 Å². The predicted molar refractivity (Wildman–Crippen MR) is 101 cm³/mol. The van der Waals surface area contributed by atoms with E-state index in [-0.39, 0.29) is 16.9 Å². The van der Waals surface area contributed by atoms with Crippen molar-refractivity contribution < 1.29 is 13.9 Å². The van der Waals surface area contributed by atoms with Crippen LogP contribution in [0.25, 0.3) is 11.1 Å².